The molecule has 0 aliphatic carbocycles. The van der Waals surface area contributed by atoms with Crippen molar-refractivity contribution in [3.63, 3.8) is 0 Å². The number of aliphatic imine (C=N–C) groups is 1. The Bertz CT molecular complexity index is 979. The van der Waals surface area contributed by atoms with Crippen LogP contribution in [0.5, 0.6) is 11.5 Å². The molecule has 1 N–H and O–H groups in total. The van der Waals surface area contributed by atoms with E-state index in [4.69, 9.17) is 14.7 Å². The number of nitrogens with zero attached hydrogens (tertiary/aromatic N) is 2. The number of aliphatic carboxylic acids is 1. The molecule has 1 aliphatic rings. The Morgan fingerprint density at radius 3 is 2.61 bits per heavy atom. The first kappa shape index (κ1) is 19.5. The molecular weight excluding hydrogens is 376 g/mol. The average Bonchev–Trinajstić information content (AvgIpc) is 3.15. The van der Waals surface area contributed by atoms with Gasteiger partial charge in [0, 0.05) is 16.0 Å². The highest BCUT2D eigenvalue weighted by Gasteiger charge is 2.40. The molecule has 0 bridgehead atoms. The van der Waals surface area contributed by atoms with Crippen LogP contribution >= 0.6 is 10.0 Å². The summed E-state index contributed by atoms with van der Waals surface area (Å²) in [5.41, 5.74) is 1.70. The van der Waals surface area contributed by atoms with Crippen LogP contribution in [0, 0.1) is 11.3 Å². The summed E-state index contributed by atoms with van der Waals surface area (Å²) in [7, 11) is -0.688. The SMILES string of the molecule is COc1ccc(S2(c3ccccc3OC(C)CC#N)C=NC=C2C(=O)O)cc1. The Morgan fingerprint density at radius 1 is 1.25 bits per heavy atom. The third kappa shape index (κ3) is 3.47. The van der Waals surface area contributed by atoms with Gasteiger partial charge in [0.05, 0.1) is 25.1 Å². The number of carbonyl (C=O) groups is 1. The number of carboxylic acid groups (broad SMARTS) is 1. The molecule has 144 valence electrons. The molecule has 0 radical (unpaired) electrons. The Balaban J connectivity index is 2.20. The highest BCUT2D eigenvalue weighted by Crippen LogP contribution is 2.70. The molecule has 0 saturated heterocycles. The van der Waals surface area contributed by atoms with Crippen molar-refractivity contribution in [3.05, 3.63) is 59.6 Å². The first-order chi connectivity index (χ1) is 13.5. The van der Waals surface area contributed by atoms with E-state index < -0.39 is 16.0 Å². The summed E-state index contributed by atoms with van der Waals surface area (Å²) in [6.45, 7) is 1.81. The second kappa shape index (κ2) is 8.19. The van der Waals surface area contributed by atoms with E-state index >= 15 is 0 Å². The molecule has 0 amide bonds. The van der Waals surface area contributed by atoms with E-state index in [1.165, 1.54) is 6.20 Å². The van der Waals surface area contributed by atoms with Crippen molar-refractivity contribution in [3.8, 4) is 17.6 Å². The van der Waals surface area contributed by atoms with E-state index in [0.717, 1.165) is 9.79 Å². The van der Waals surface area contributed by atoms with Crippen molar-refractivity contribution in [2.45, 2.75) is 29.2 Å². The Labute approximate surface area is 165 Å². The largest absolute Gasteiger partial charge is 0.497 e. The minimum Gasteiger partial charge on any atom is -0.497 e. The standard InChI is InChI=1S/C21H20N2O4S/c1-15(11-12-22)27-18-5-3-4-6-19(18)28(14-23-13-20(28)21(24)25)17-9-7-16(26-2)8-10-17/h3-10,13-15H,11H2,1-2H3,(H,24,25). The molecule has 28 heavy (non-hydrogen) atoms. The maximum Gasteiger partial charge on any atom is 0.343 e. The molecule has 0 fully saturated rings. The molecule has 7 heteroatoms. The van der Waals surface area contributed by atoms with Gasteiger partial charge >= 0.3 is 5.97 Å². The number of para-hydroxylation sites is 1. The summed E-state index contributed by atoms with van der Waals surface area (Å²) >= 11 is 0. The van der Waals surface area contributed by atoms with Crippen LogP contribution in [-0.4, -0.2) is 29.8 Å². The van der Waals surface area contributed by atoms with E-state index in [9.17, 15) is 9.90 Å². The van der Waals surface area contributed by atoms with E-state index in [1.807, 2.05) is 37.3 Å². The molecule has 2 aromatic rings. The third-order valence-electron chi connectivity index (χ3n) is 4.30. The topological polar surface area (TPSA) is 91.9 Å². The van der Waals surface area contributed by atoms with Crippen LogP contribution in [0.4, 0.5) is 0 Å². The molecule has 0 spiro atoms. The number of rotatable bonds is 7. The van der Waals surface area contributed by atoms with Gasteiger partial charge in [-0.2, -0.15) is 5.26 Å². The predicted molar refractivity (Wildman–Crippen MR) is 108 cm³/mol. The van der Waals surface area contributed by atoms with Gasteiger partial charge in [0.25, 0.3) is 0 Å². The zero-order valence-electron chi connectivity index (χ0n) is 15.5. The van der Waals surface area contributed by atoms with Gasteiger partial charge in [-0.25, -0.2) is 4.79 Å². The van der Waals surface area contributed by atoms with Crippen LogP contribution in [0.15, 0.2) is 74.4 Å². The van der Waals surface area contributed by atoms with Crippen molar-refractivity contribution in [1.82, 2.24) is 0 Å². The quantitative estimate of drug-likeness (QED) is 0.740. The molecule has 0 aromatic heterocycles. The summed E-state index contributed by atoms with van der Waals surface area (Å²) < 4.78 is 11.2. The predicted octanol–water partition coefficient (Wildman–Crippen LogP) is 4.57. The molecular formula is C21H20N2O4S. The third-order valence-corrected chi connectivity index (χ3v) is 7.76. The van der Waals surface area contributed by atoms with Gasteiger partial charge in [0.1, 0.15) is 22.5 Å². The monoisotopic (exact) mass is 396 g/mol. The van der Waals surface area contributed by atoms with Gasteiger partial charge in [0.15, 0.2) is 0 Å². The van der Waals surface area contributed by atoms with Crippen molar-refractivity contribution >= 4 is 21.5 Å². The van der Waals surface area contributed by atoms with Gasteiger partial charge in [0.2, 0.25) is 0 Å². The van der Waals surface area contributed by atoms with Crippen molar-refractivity contribution in [2.24, 2.45) is 4.99 Å². The first-order valence-corrected chi connectivity index (χ1v) is 10.3. The van der Waals surface area contributed by atoms with Gasteiger partial charge < -0.3 is 14.6 Å². The molecule has 2 unspecified atom stereocenters. The smallest absolute Gasteiger partial charge is 0.343 e. The number of nitriles is 1. The van der Waals surface area contributed by atoms with Crippen LogP contribution in [-0.2, 0) is 4.79 Å². The Morgan fingerprint density at radius 2 is 1.96 bits per heavy atom. The Kier molecular flexibility index (Phi) is 5.71. The zero-order chi connectivity index (χ0) is 20.1. The van der Waals surface area contributed by atoms with Crippen LogP contribution in [0.25, 0.3) is 0 Å². The van der Waals surface area contributed by atoms with Crippen molar-refractivity contribution in [1.29, 1.82) is 5.26 Å². The molecule has 1 aliphatic heterocycles. The summed E-state index contributed by atoms with van der Waals surface area (Å²) in [4.78, 5) is 18.1. The van der Waals surface area contributed by atoms with E-state index in [2.05, 4.69) is 11.1 Å². The summed E-state index contributed by atoms with van der Waals surface area (Å²) in [6.07, 6.45) is 1.31. The van der Waals surface area contributed by atoms with Gasteiger partial charge in [-0.15, -0.1) is 10.0 Å². The fourth-order valence-corrected chi connectivity index (χ4v) is 6.13. The number of hydrogen-bond donors (Lipinski definition) is 1. The lowest BCUT2D eigenvalue weighted by molar-refractivity contribution is -0.131. The summed E-state index contributed by atoms with van der Waals surface area (Å²) in [5, 5.41) is 18.8. The average molecular weight is 396 g/mol. The van der Waals surface area contributed by atoms with E-state index in [1.54, 1.807) is 30.9 Å². The summed E-state index contributed by atoms with van der Waals surface area (Å²) in [5.74, 6) is 0.209. The molecule has 2 aromatic carbocycles. The van der Waals surface area contributed by atoms with Crippen LogP contribution in [0.1, 0.15) is 13.3 Å². The lowest BCUT2D eigenvalue weighted by Gasteiger charge is -2.36. The van der Waals surface area contributed by atoms with Crippen LogP contribution in [0.2, 0.25) is 0 Å². The highest BCUT2D eigenvalue weighted by atomic mass is 32.3. The van der Waals surface area contributed by atoms with Crippen LogP contribution < -0.4 is 9.47 Å². The molecule has 2 atom stereocenters. The highest BCUT2D eigenvalue weighted by molar-refractivity contribution is 8.47. The second-order valence-electron chi connectivity index (χ2n) is 6.13. The van der Waals surface area contributed by atoms with Crippen LogP contribution in [0.3, 0.4) is 0 Å². The van der Waals surface area contributed by atoms with Gasteiger partial charge in [-0.1, -0.05) is 12.1 Å². The number of benzene rings is 2. The molecule has 0 saturated carbocycles. The zero-order valence-corrected chi connectivity index (χ0v) is 16.3. The van der Waals surface area contributed by atoms with Crippen molar-refractivity contribution < 1.29 is 19.4 Å². The Hall–Kier alpha value is -3.24. The van der Waals surface area contributed by atoms with Crippen molar-refractivity contribution in [2.75, 3.05) is 7.11 Å². The van der Waals surface area contributed by atoms with Gasteiger partial charge in [-0.3, -0.25) is 4.99 Å². The lowest BCUT2D eigenvalue weighted by Crippen LogP contribution is -2.15. The minimum absolute atomic E-state index is 0.210. The normalized spacial score (nSPS) is 21.1. The first-order valence-electron chi connectivity index (χ1n) is 8.59. The molecule has 1 heterocycles. The number of methoxy groups -OCH3 is 1. The number of hydrogen-bond acceptors (Lipinski definition) is 5. The number of carboxylic acids is 1. The molecule has 6 nitrogen and oxygen atoms in total. The van der Waals surface area contributed by atoms with E-state index in [0.29, 0.717) is 11.5 Å². The number of ether oxygens (including phenoxy) is 2. The fraction of sp³-hybridized carbons (Fsp3) is 0.190. The lowest BCUT2D eigenvalue weighted by atomic mass is 10.3. The second-order valence-corrected chi connectivity index (χ2v) is 9.01. The van der Waals surface area contributed by atoms with Gasteiger partial charge in [-0.05, 0) is 43.3 Å². The minimum atomic E-state index is -2.27. The fourth-order valence-electron chi connectivity index (χ4n) is 3.00. The molecule has 3 rings (SSSR count). The maximum atomic E-state index is 12.1. The maximum absolute atomic E-state index is 12.1. The summed E-state index contributed by atoms with van der Waals surface area (Å²) in [6, 6.07) is 16.8. The van der Waals surface area contributed by atoms with E-state index in [-0.39, 0.29) is 17.4 Å².